The van der Waals surface area contributed by atoms with Gasteiger partial charge in [0.2, 0.25) is 0 Å². The molecule has 1 aromatic carbocycles. The van der Waals surface area contributed by atoms with Crippen LogP contribution in [0.25, 0.3) is 0 Å². The minimum absolute atomic E-state index is 0.210. The van der Waals surface area contributed by atoms with Gasteiger partial charge in [0, 0.05) is 18.2 Å². The van der Waals surface area contributed by atoms with E-state index in [0.717, 1.165) is 18.0 Å². The Balaban J connectivity index is 1.81. The number of aryl methyl sites for hydroxylation is 2. The number of aromatic nitrogens is 1. The third-order valence-electron chi connectivity index (χ3n) is 4.46. The van der Waals surface area contributed by atoms with E-state index in [1.165, 1.54) is 36.0 Å². The summed E-state index contributed by atoms with van der Waals surface area (Å²) in [5.41, 5.74) is 5.13. The van der Waals surface area contributed by atoms with Crippen molar-refractivity contribution >= 4 is 0 Å². The number of rotatable bonds is 5. The molecule has 0 radical (unpaired) electrons. The fourth-order valence-corrected chi connectivity index (χ4v) is 3.03. The van der Waals surface area contributed by atoms with E-state index < -0.39 is 0 Å². The van der Waals surface area contributed by atoms with E-state index >= 15 is 0 Å². The molecule has 21 heavy (non-hydrogen) atoms. The molecule has 112 valence electrons. The molecular weight excluding hydrogens is 264 g/mol. The second kappa shape index (κ2) is 5.90. The number of fused-ring (bicyclic) bond motifs is 1. The molecule has 0 spiro atoms. The maximum absolute atomic E-state index is 5.58. The zero-order valence-electron chi connectivity index (χ0n) is 12.9. The fourth-order valence-electron chi connectivity index (χ4n) is 3.03. The van der Waals surface area contributed by atoms with Crippen molar-refractivity contribution in [2.24, 2.45) is 0 Å². The van der Waals surface area contributed by atoms with Gasteiger partial charge < -0.3 is 9.26 Å². The maximum Gasteiger partial charge on any atom is 0.124 e. The molecule has 1 atom stereocenters. The lowest BCUT2D eigenvalue weighted by Crippen LogP contribution is -2.22. The summed E-state index contributed by atoms with van der Waals surface area (Å²) in [7, 11) is 3.85. The Kier molecular flexibility index (Phi) is 3.97. The Morgan fingerprint density at radius 1 is 1.33 bits per heavy atom. The lowest BCUT2D eigenvalue weighted by Gasteiger charge is -2.24. The largest absolute Gasteiger partial charge is 0.496 e. The van der Waals surface area contributed by atoms with Gasteiger partial charge in [0.05, 0.1) is 13.2 Å². The molecule has 0 saturated heterocycles. The number of nitrogens with zero attached hydrogens (tertiary/aromatic N) is 2. The van der Waals surface area contributed by atoms with Gasteiger partial charge in [-0.1, -0.05) is 11.2 Å². The highest BCUT2D eigenvalue weighted by Crippen LogP contribution is 2.31. The summed E-state index contributed by atoms with van der Waals surface area (Å²) in [5, 5.41) is 4.03. The van der Waals surface area contributed by atoms with Crippen LogP contribution in [0.2, 0.25) is 0 Å². The van der Waals surface area contributed by atoms with Crippen molar-refractivity contribution in [2.75, 3.05) is 14.2 Å². The molecule has 0 fully saturated rings. The van der Waals surface area contributed by atoms with Gasteiger partial charge in [-0.2, -0.15) is 0 Å². The first-order valence-corrected chi connectivity index (χ1v) is 7.48. The van der Waals surface area contributed by atoms with Crippen LogP contribution in [0.3, 0.4) is 0 Å². The van der Waals surface area contributed by atoms with Crippen molar-refractivity contribution in [3.05, 3.63) is 46.8 Å². The van der Waals surface area contributed by atoms with Gasteiger partial charge in [-0.3, -0.25) is 4.90 Å². The smallest absolute Gasteiger partial charge is 0.124 e. The highest BCUT2D eigenvalue weighted by molar-refractivity contribution is 5.44. The monoisotopic (exact) mass is 286 g/mol. The van der Waals surface area contributed by atoms with E-state index in [1.54, 1.807) is 13.4 Å². The van der Waals surface area contributed by atoms with Crippen LogP contribution in [0, 0.1) is 0 Å². The van der Waals surface area contributed by atoms with Crippen LogP contribution >= 0.6 is 0 Å². The van der Waals surface area contributed by atoms with Crippen LogP contribution in [0.1, 0.15) is 41.8 Å². The number of methoxy groups -OCH3 is 1. The Bertz CT molecular complexity index is 608. The van der Waals surface area contributed by atoms with Gasteiger partial charge in [0.15, 0.2) is 0 Å². The minimum Gasteiger partial charge on any atom is -0.496 e. The number of ether oxygens (including phenoxy) is 1. The zero-order chi connectivity index (χ0) is 14.8. The molecule has 1 heterocycles. The molecule has 0 N–H and O–H groups in total. The molecule has 0 amide bonds. The molecule has 3 rings (SSSR count). The lowest BCUT2D eigenvalue weighted by molar-refractivity contribution is 0.237. The lowest BCUT2D eigenvalue weighted by atomic mass is 10.0. The first kappa shape index (κ1) is 14.1. The predicted octanol–water partition coefficient (Wildman–Crippen LogP) is 3.36. The van der Waals surface area contributed by atoms with Crippen molar-refractivity contribution in [3.8, 4) is 5.75 Å². The first-order valence-electron chi connectivity index (χ1n) is 7.48. The highest BCUT2D eigenvalue weighted by atomic mass is 16.5. The first-order chi connectivity index (χ1) is 10.2. The molecule has 0 aliphatic heterocycles. The van der Waals surface area contributed by atoms with Crippen LogP contribution in [0.15, 0.2) is 29.0 Å². The quantitative estimate of drug-likeness (QED) is 0.844. The second-order valence-corrected chi connectivity index (χ2v) is 5.80. The van der Waals surface area contributed by atoms with E-state index in [2.05, 4.69) is 36.2 Å². The van der Waals surface area contributed by atoms with Gasteiger partial charge in [-0.15, -0.1) is 0 Å². The van der Waals surface area contributed by atoms with Crippen LogP contribution in [-0.2, 0) is 19.4 Å². The summed E-state index contributed by atoms with van der Waals surface area (Å²) in [6.07, 6.45) is 5.24. The van der Waals surface area contributed by atoms with E-state index in [4.69, 9.17) is 9.26 Å². The van der Waals surface area contributed by atoms with E-state index in [9.17, 15) is 0 Å². The summed E-state index contributed by atoms with van der Waals surface area (Å²) in [5.74, 6) is 0.995. The minimum atomic E-state index is 0.210. The SMILES string of the molecule is COc1cc2c(cc1CN(C)[C@@H](C)c1ccon1)CCC2. The molecule has 1 aliphatic carbocycles. The fraction of sp³-hybridized carbons (Fsp3) is 0.471. The molecule has 4 heteroatoms. The van der Waals surface area contributed by atoms with E-state index in [0.29, 0.717) is 0 Å². The average Bonchev–Trinajstić information content (AvgIpc) is 3.16. The van der Waals surface area contributed by atoms with Gasteiger partial charge in [-0.05, 0) is 50.4 Å². The Morgan fingerprint density at radius 2 is 2.10 bits per heavy atom. The summed E-state index contributed by atoms with van der Waals surface area (Å²) in [4.78, 5) is 2.26. The molecule has 2 aromatic rings. The normalized spacial score (nSPS) is 15.2. The molecule has 0 saturated carbocycles. The van der Waals surface area contributed by atoms with Crippen LogP contribution in [0.4, 0.5) is 0 Å². The van der Waals surface area contributed by atoms with Crippen molar-refractivity contribution in [1.29, 1.82) is 0 Å². The van der Waals surface area contributed by atoms with Crippen molar-refractivity contribution in [1.82, 2.24) is 10.1 Å². The molecule has 0 unspecified atom stereocenters. The number of hydrogen-bond acceptors (Lipinski definition) is 4. The summed E-state index contributed by atoms with van der Waals surface area (Å²) in [6.45, 7) is 2.97. The maximum atomic E-state index is 5.58. The van der Waals surface area contributed by atoms with E-state index in [-0.39, 0.29) is 6.04 Å². The van der Waals surface area contributed by atoms with Crippen molar-refractivity contribution in [2.45, 2.75) is 38.8 Å². The van der Waals surface area contributed by atoms with Gasteiger partial charge in [0.1, 0.15) is 17.7 Å². The Hall–Kier alpha value is -1.81. The molecule has 1 aliphatic rings. The van der Waals surface area contributed by atoms with Gasteiger partial charge in [-0.25, -0.2) is 0 Å². The Morgan fingerprint density at radius 3 is 2.76 bits per heavy atom. The van der Waals surface area contributed by atoms with Crippen molar-refractivity contribution in [3.63, 3.8) is 0 Å². The van der Waals surface area contributed by atoms with E-state index in [1.807, 2.05) is 6.07 Å². The number of benzene rings is 1. The zero-order valence-corrected chi connectivity index (χ0v) is 12.9. The van der Waals surface area contributed by atoms with Crippen LogP contribution in [0.5, 0.6) is 5.75 Å². The van der Waals surface area contributed by atoms with Gasteiger partial charge in [0.25, 0.3) is 0 Å². The van der Waals surface area contributed by atoms with Crippen LogP contribution < -0.4 is 4.74 Å². The third-order valence-corrected chi connectivity index (χ3v) is 4.46. The molecule has 4 nitrogen and oxygen atoms in total. The second-order valence-electron chi connectivity index (χ2n) is 5.80. The molecule has 0 bridgehead atoms. The van der Waals surface area contributed by atoms with Crippen molar-refractivity contribution < 1.29 is 9.26 Å². The third kappa shape index (κ3) is 2.81. The molecule has 1 aromatic heterocycles. The summed E-state index contributed by atoms with van der Waals surface area (Å²) < 4.78 is 10.5. The average molecular weight is 286 g/mol. The standard InChI is InChI=1S/C17H22N2O2/c1-12(16-7-8-21-18-16)19(2)11-15-9-13-5-4-6-14(13)10-17(15)20-3/h7-10,12H,4-6,11H2,1-3H3/t12-/m0/s1. The number of hydrogen-bond donors (Lipinski definition) is 0. The topological polar surface area (TPSA) is 38.5 Å². The molecular formula is C17H22N2O2. The highest BCUT2D eigenvalue weighted by Gasteiger charge is 2.19. The Labute approximate surface area is 125 Å². The predicted molar refractivity (Wildman–Crippen MR) is 81.4 cm³/mol. The summed E-state index contributed by atoms with van der Waals surface area (Å²) in [6, 6.07) is 6.65. The van der Waals surface area contributed by atoms with Gasteiger partial charge >= 0.3 is 0 Å². The summed E-state index contributed by atoms with van der Waals surface area (Å²) >= 11 is 0. The van der Waals surface area contributed by atoms with Crippen LogP contribution in [-0.4, -0.2) is 24.2 Å².